The van der Waals surface area contributed by atoms with Crippen LogP contribution in [0.5, 0.6) is 5.75 Å². The van der Waals surface area contributed by atoms with E-state index in [0.29, 0.717) is 5.78 Å². The summed E-state index contributed by atoms with van der Waals surface area (Å²) in [7, 11) is 0. The third-order valence-corrected chi connectivity index (χ3v) is 4.20. The van der Waals surface area contributed by atoms with Crippen LogP contribution < -0.4 is 4.74 Å². The Morgan fingerprint density at radius 2 is 1.75 bits per heavy atom. The molecular weight excluding hydrogens is 248 g/mol. The first-order chi connectivity index (χ1) is 9.63. The van der Waals surface area contributed by atoms with Gasteiger partial charge in [0.25, 0.3) is 0 Å². The molecule has 0 unspecified atom stereocenters. The molecule has 2 nitrogen and oxygen atoms in total. The number of carbonyl (C=O) groups excluding carboxylic acids is 1. The molecule has 110 valence electrons. The van der Waals surface area contributed by atoms with E-state index in [4.69, 9.17) is 4.74 Å². The van der Waals surface area contributed by atoms with Crippen molar-refractivity contribution in [2.75, 3.05) is 6.61 Å². The van der Waals surface area contributed by atoms with E-state index in [1.807, 2.05) is 26.0 Å². The van der Waals surface area contributed by atoms with Crippen LogP contribution in [0, 0.1) is 19.8 Å². The molecule has 0 amide bonds. The van der Waals surface area contributed by atoms with Gasteiger partial charge in [0.05, 0.1) is 6.61 Å². The van der Waals surface area contributed by atoms with Crippen LogP contribution in [0.15, 0.2) is 12.1 Å². The number of ketones is 1. The Labute approximate surface area is 122 Å². The van der Waals surface area contributed by atoms with Gasteiger partial charge in [0.2, 0.25) is 0 Å². The van der Waals surface area contributed by atoms with E-state index in [2.05, 4.69) is 6.92 Å². The standard InChI is InChI=1S/C18H26O2/c1-4-10-20-16-11-13(2)17(14(3)12-16)18(19)15-8-6-5-7-9-15/h11-12,15H,4-10H2,1-3H3. The van der Waals surface area contributed by atoms with Gasteiger partial charge in [-0.2, -0.15) is 0 Å². The largest absolute Gasteiger partial charge is 0.494 e. The highest BCUT2D eigenvalue weighted by atomic mass is 16.5. The molecule has 1 aliphatic carbocycles. The van der Waals surface area contributed by atoms with Crippen LogP contribution in [-0.4, -0.2) is 12.4 Å². The minimum atomic E-state index is 0.239. The van der Waals surface area contributed by atoms with Crippen LogP contribution in [0.4, 0.5) is 0 Å². The van der Waals surface area contributed by atoms with Gasteiger partial charge >= 0.3 is 0 Å². The summed E-state index contributed by atoms with van der Waals surface area (Å²) >= 11 is 0. The van der Waals surface area contributed by atoms with Crippen LogP contribution in [0.3, 0.4) is 0 Å². The summed E-state index contributed by atoms with van der Waals surface area (Å²) in [6.07, 6.45) is 6.81. The van der Waals surface area contributed by atoms with Crippen molar-refractivity contribution in [1.29, 1.82) is 0 Å². The quantitative estimate of drug-likeness (QED) is 0.717. The van der Waals surface area contributed by atoms with E-state index in [0.717, 1.165) is 48.3 Å². The van der Waals surface area contributed by atoms with E-state index >= 15 is 0 Å². The summed E-state index contributed by atoms with van der Waals surface area (Å²) in [4.78, 5) is 12.7. The van der Waals surface area contributed by atoms with E-state index in [1.54, 1.807) is 0 Å². The van der Waals surface area contributed by atoms with Gasteiger partial charge in [-0.3, -0.25) is 4.79 Å². The van der Waals surface area contributed by atoms with Crippen molar-refractivity contribution in [2.24, 2.45) is 5.92 Å². The molecule has 0 saturated heterocycles. The Balaban J connectivity index is 2.20. The maximum Gasteiger partial charge on any atom is 0.166 e. The van der Waals surface area contributed by atoms with E-state index in [-0.39, 0.29) is 5.92 Å². The first-order valence-electron chi connectivity index (χ1n) is 7.91. The van der Waals surface area contributed by atoms with Gasteiger partial charge in [0.15, 0.2) is 5.78 Å². The Bertz CT molecular complexity index is 447. The molecule has 0 spiro atoms. The van der Waals surface area contributed by atoms with Crippen molar-refractivity contribution in [3.63, 3.8) is 0 Å². The Morgan fingerprint density at radius 1 is 1.15 bits per heavy atom. The summed E-state index contributed by atoms with van der Waals surface area (Å²) in [5.41, 5.74) is 3.05. The topological polar surface area (TPSA) is 26.3 Å². The average molecular weight is 274 g/mol. The Hall–Kier alpha value is -1.31. The van der Waals surface area contributed by atoms with Crippen LogP contribution in [0.1, 0.15) is 66.9 Å². The van der Waals surface area contributed by atoms with Gasteiger partial charge in [0.1, 0.15) is 5.75 Å². The fraction of sp³-hybridized carbons (Fsp3) is 0.611. The number of aryl methyl sites for hydroxylation is 2. The van der Waals surface area contributed by atoms with Crippen LogP contribution in [0.2, 0.25) is 0 Å². The first-order valence-corrected chi connectivity index (χ1v) is 7.91. The third kappa shape index (κ3) is 3.41. The number of hydrogen-bond donors (Lipinski definition) is 0. The SMILES string of the molecule is CCCOc1cc(C)c(C(=O)C2CCCCC2)c(C)c1. The highest BCUT2D eigenvalue weighted by molar-refractivity contribution is 6.00. The van der Waals surface area contributed by atoms with Gasteiger partial charge in [-0.15, -0.1) is 0 Å². The Kier molecular flexibility index (Phi) is 5.22. The molecule has 1 fully saturated rings. The van der Waals surface area contributed by atoms with Crippen molar-refractivity contribution in [3.8, 4) is 5.75 Å². The van der Waals surface area contributed by atoms with Crippen molar-refractivity contribution in [3.05, 3.63) is 28.8 Å². The monoisotopic (exact) mass is 274 g/mol. The zero-order chi connectivity index (χ0) is 14.5. The predicted molar refractivity (Wildman–Crippen MR) is 82.6 cm³/mol. The average Bonchev–Trinajstić information content (AvgIpc) is 2.45. The number of hydrogen-bond acceptors (Lipinski definition) is 2. The molecule has 1 aromatic carbocycles. The van der Waals surface area contributed by atoms with Gasteiger partial charge in [-0.25, -0.2) is 0 Å². The van der Waals surface area contributed by atoms with Crippen LogP contribution in [-0.2, 0) is 0 Å². The molecule has 0 aromatic heterocycles. The van der Waals surface area contributed by atoms with E-state index in [9.17, 15) is 4.79 Å². The lowest BCUT2D eigenvalue weighted by molar-refractivity contribution is 0.0888. The predicted octanol–water partition coefficient (Wildman–Crippen LogP) is 4.86. The van der Waals surface area contributed by atoms with Crippen LogP contribution in [0.25, 0.3) is 0 Å². The minimum Gasteiger partial charge on any atom is -0.494 e. The normalized spacial score (nSPS) is 16.1. The maximum atomic E-state index is 12.7. The molecular formula is C18H26O2. The van der Waals surface area contributed by atoms with E-state index in [1.165, 1.54) is 19.3 Å². The number of benzene rings is 1. The summed E-state index contributed by atoms with van der Waals surface area (Å²) in [6.45, 7) is 6.89. The number of rotatable bonds is 5. The lowest BCUT2D eigenvalue weighted by Gasteiger charge is -2.22. The Morgan fingerprint density at radius 3 is 2.30 bits per heavy atom. The second kappa shape index (κ2) is 6.92. The molecule has 1 aromatic rings. The second-order valence-electron chi connectivity index (χ2n) is 5.98. The molecule has 1 aliphatic rings. The van der Waals surface area contributed by atoms with Gasteiger partial charge in [-0.05, 0) is 56.4 Å². The van der Waals surface area contributed by atoms with Crippen LogP contribution >= 0.6 is 0 Å². The summed E-state index contributed by atoms with van der Waals surface area (Å²) in [5.74, 6) is 1.48. The molecule has 0 bridgehead atoms. The smallest absolute Gasteiger partial charge is 0.166 e. The van der Waals surface area contributed by atoms with E-state index < -0.39 is 0 Å². The molecule has 0 heterocycles. The zero-order valence-electron chi connectivity index (χ0n) is 13.0. The lowest BCUT2D eigenvalue weighted by atomic mass is 9.82. The highest BCUT2D eigenvalue weighted by Crippen LogP contribution is 2.30. The van der Waals surface area contributed by atoms with Crippen molar-refractivity contribution in [1.82, 2.24) is 0 Å². The number of Topliss-reactive ketones (excluding diaryl/α,β-unsaturated/α-hetero) is 1. The molecule has 2 heteroatoms. The lowest BCUT2D eigenvalue weighted by Crippen LogP contribution is -2.19. The molecule has 0 atom stereocenters. The number of ether oxygens (including phenoxy) is 1. The van der Waals surface area contributed by atoms with Crippen molar-refractivity contribution in [2.45, 2.75) is 59.3 Å². The van der Waals surface area contributed by atoms with Gasteiger partial charge in [-0.1, -0.05) is 26.2 Å². The van der Waals surface area contributed by atoms with Gasteiger partial charge in [0, 0.05) is 11.5 Å². The highest BCUT2D eigenvalue weighted by Gasteiger charge is 2.25. The van der Waals surface area contributed by atoms with Crippen molar-refractivity contribution >= 4 is 5.78 Å². The first kappa shape index (κ1) is 15.1. The van der Waals surface area contributed by atoms with Gasteiger partial charge < -0.3 is 4.74 Å². The second-order valence-corrected chi connectivity index (χ2v) is 5.98. The maximum absolute atomic E-state index is 12.7. The molecule has 20 heavy (non-hydrogen) atoms. The fourth-order valence-electron chi connectivity index (χ4n) is 3.18. The number of carbonyl (C=O) groups is 1. The summed E-state index contributed by atoms with van der Waals surface area (Å²) in [5, 5.41) is 0. The third-order valence-electron chi connectivity index (χ3n) is 4.20. The molecule has 0 radical (unpaired) electrons. The van der Waals surface area contributed by atoms with Crippen molar-refractivity contribution < 1.29 is 9.53 Å². The summed E-state index contributed by atoms with van der Waals surface area (Å²) < 4.78 is 5.69. The fourth-order valence-corrected chi connectivity index (χ4v) is 3.18. The molecule has 0 N–H and O–H groups in total. The summed E-state index contributed by atoms with van der Waals surface area (Å²) in [6, 6.07) is 4.03. The zero-order valence-corrected chi connectivity index (χ0v) is 13.0. The minimum absolute atomic E-state index is 0.239. The molecule has 2 rings (SSSR count). The molecule has 1 saturated carbocycles. The molecule has 0 aliphatic heterocycles.